The predicted octanol–water partition coefficient (Wildman–Crippen LogP) is 4.43. The lowest BCUT2D eigenvalue weighted by Crippen LogP contribution is -2.29. The molecule has 0 saturated carbocycles. The average Bonchev–Trinajstić information content (AvgIpc) is 1.78. The molecule has 0 N–H and O–H groups in total. The molecule has 0 radical (unpaired) electrons. The molecule has 0 amide bonds. The van der Waals surface area contributed by atoms with E-state index in [2.05, 4.69) is 51.5 Å². The van der Waals surface area contributed by atoms with E-state index in [1.807, 2.05) is 18.2 Å². The summed E-state index contributed by atoms with van der Waals surface area (Å²) in [6.07, 6.45) is 0. The van der Waals surface area contributed by atoms with Gasteiger partial charge in [-0.2, -0.15) is 0 Å². The Morgan fingerprint density at radius 3 is 1.85 bits per heavy atom. The summed E-state index contributed by atoms with van der Waals surface area (Å²) in [6.45, 7) is 6.51. The van der Waals surface area contributed by atoms with E-state index in [0.717, 1.165) is 14.7 Å². The second kappa shape index (κ2) is 4.15. The maximum absolute atomic E-state index is 5.84. The highest BCUT2D eigenvalue weighted by atomic mass is 79.9. The van der Waals surface area contributed by atoms with Crippen LogP contribution in [0, 0.1) is 0 Å². The highest BCUT2D eigenvalue weighted by Crippen LogP contribution is 2.26. The minimum absolute atomic E-state index is 0.931. The molecule has 4 heteroatoms. The van der Waals surface area contributed by atoms with Gasteiger partial charge in [-0.1, -0.05) is 31.9 Å². The zero-order valence-electron chi connectivity index (χ0n) is 7.90. The van der Waals surface area contributed by atoms with Crippen LogP contribution in [0.4, 0.5) is 0 Å². The lowest BCUT2D eigenvalue weighted by molar-refractivity contribution is 0.557. The fraction of sp³-hybridized carbons (Fsp3) is 0.333. The zero-order chi connectivity index (χ0) is 10.1. The Balaban J connectivity index is 2.90. The number of hydrogen-bond acceptors (Lipinski definition) is 1. The molecule has 0 aliphatic heterocycles. The maximum atomic E-state index is 5.84. The topological polar surface area (TPSA) is 9.23 Å². The van der Waals surface area contributed by atoms with Gasteiger partial charge in [0.05, 0.1) is 0 Å². The van der Waals surface area contributed by atoms with Crippen LogP contribution in [-0.2, 0) is 0 Å². The van der Waals surface area contributed by atoms with Crippen LogP contribution in [0.2, 0.25) is 19.6 Å². The van der Waals surface area contributed by atoms with Crippen molar-refractivity contribution in [1.82, 2.24) is 0 Å². The average molecular weight is 324 g/mol. The molecule has 1 aromatic carbocycles. The summed E-state index contributed by atoms with van der Waals surface area (Å²) in [6, 6.07) is 5.98. The van der Waals surface area contributed by atoms with Gasteiger partial charge in [0, 0.05) is 8.95 Å². The summed E-state index contributed by atoms with van der Waals surface area (Å²) >= 11 is 6.85. The third kappa shape index (κ3) is 4.29. The van der Waals surface area contributed by atoms with E-state index in [0.29, 0.717) is 0 Å². The second-order valence-corrected chi connectivity index (χ2v) is 10.1. The molecule has 1 nitrogen and oxygen atoms in total. The Bertz CT molecular complexity index is 287. The van der Waals surface area contributed by atoms with Gasteiger partial charge in [-0.25, -0.2) is 0 Å². The molecule has 0 aliphatic rings. The van der Waals surface area contributed by atoms with Crippen LogP contribution in [0.25, 0.3) is 0 Å². The molecule has 0 atom stereocenters. The van der Waals surface area contributed by atoms with Crippen molar-refractivity contribution in [3.8, 4) is 5.75 Å². The highest BCUT2D eigenvalue weighted by Gasteiger charge is 2.16. The lowest BCUT2D eigenvalue weighted by Gasteiger charge is -2.19. The molecule has 0 unspecified atom stereocenters. The summed E-state index contributed by atoms with van der Waals surface area (Å²) in [5.41, 5.74) is 0. The van der Waals surface area contributed by atoms with E-state index in [1.165, 1.54) is 0 Å². The molecule has 1 rings (SSSR count). The normalized spacial score (nSPS) is 11.5. The molecule has 13 heavy (non-hydrogen) atoms. The van der Waals surface area contributed by atoms with Crippen LogP contribution in [-0.4, -0.2) is 8.32 Å². The molecule has 0 aliphatic carbocycles. The quantitative estimate of drug-likeness (QED) is 0.732. The second-order valence-electron chi connectivity index (χ2n) is 3.82. The van der Waals surface area contributed by atoms with Crippen LogP contribution in [0.5, 0.6) is 5.75 Å². The summed E-state index contributed by atoms with van der Waals surface area (Å²) in [7, 11) is -1.49. The minimum Gasteiger partial charge on any atom is -0.544 e. The van der Waals surface area contributed by atoms with E-state index in [-0.39, 0.29) is 0 Å². The van der Waals surface area contributed by atoms with Crippen LogP contribution in [0.15, 0.2) is 27.1 Å². The third-order valence-corrected chi connectivity index (χ3v) is 3.02. The van der Waals surface area contributed by atoms with Gasteiger partial charge in [0.1, 0.15) is 5.75 Å². The highest BCUT2D eigenvalue weighted by molar-refractivity contribution is 9.11. The van der Waals surface area contributed by atoms with Gasteiger partial charge in [0.2, 0.25) is 8.32 Å². The van der Waals surface area contributed by atoms with Gasteiger partial charge in [-0.3, -0.25) is 0 Å². The van der Waals surface area contributed by atoms with Gasteiger partial charge >= 0.3 is 0 Å². The molecular formula is C9H12Br2OSi. The van der Waals surface area contributed by atoms with Crippen molar-refractivity contribution in [1.29, 1.82) is 0 Å². The lowest BCUT2D eigenvalue weighted by atomic mass is 10.3. The van der Waals surface area contributed by atoms with Crippen molar-refractivity contribution < 1.29 is 4.43 Å². The largest absolute Gasteiger partial charge is 0.544 e. The minimum atomic E-state index is -1.49. The number of benzene rings is 1. The van der Waals surface area contributed by atoms with Gasteiger partial charge < -0.3 is 4.43 Å². The summed E-state index contributed by atoms with van der Waals surface area (Å²) in [5.74, 6) is 0.931. The summed E-state index contributed by atoms with van der Waals surface area (Å²) in [4.78, 5) is 0. The third-order valence-electron chi connectivity index (χ3n) is 1.26. The molecule has 0 aromatic heterocycles. The van der Waals surface area contributed by atoms with Crippen LogP contribution in [0.3, 0.4) is 0 Å². The van der Waals surface area contributed by atoms with E-state index in [4.69, 9.17) is 4.43 Å². The molecule has 0 saturated heterocycles. The Hall–Kier alpha value is 0.197. The first-order valence-corrected chi connectivity index (χ1v) is 9.01. The smallest absolute Gasteiger partial charge is 0.242 e. The standard InChI is InChI=1S/C9H12Br2OSi/c1-13(2,3)12-9-5-7(10)4-8(11)6-9/h4-6H,1-3H3. The van der Waals surface area contributed by atoms with Crippen molar-refractivity contribution in [2.75, 3.05) is 0 Å². The molecule has 0 fully saturated rings. The van der Waals surface area contributed by atoms with Crippen molar-refractivity contribution in [3.05, 3.63) is 27.1 Å². The van der Waals surface area contributed by atoms with Crippen molar-refractivity contribution >= 4 is 40.2 Å². The van der Waals surface area contributed by atoms with Crippen molar-refractivity contribution in [2.24, 2.45) is 0 Å². The van der Waals surface area contributed by atoms with E-state index in [9.17, 15) is 0 Å². The molecule has 0 heterocycles. The van der Waals surface area contributed by atoms with E-state index in [1.54, 1.807) is 0 Å². The molecular weight excluding hydrogens is 312 g/mol. The number of hydrogen-bond donors (Lipinski definition) is 0. The van der Waals surface area contributed by atoms with Gasteiger partial charge in [-0.05, 0) is 37.8 Å². The number of halogens is 2. The molecule has 0 spiro atoms. The molecule has 0 bridgehead atoms. The zero-order valence-corrected chi connectivity index (χ0v) is 12.1. The van der Waals surface area contributed by atoms with E-state index < -0.39 is 8.32 Å². The first kappa shape index (κ1) is 11.3. The van der Waals surface area contributed by atoms with Crippen LogP contribution >= 0.6 is 31.9 Å². The Kier molecular flexibility index (Phi) is 3.60. The van der Waals surface area contributed by atoms with Crippen LogP contribution < -0.4 is 4.43 Å². The first-order valence-electron chi connectivity index (χ1n) is 4.02. The SMILES string of the molecule is C[Si](C)(C)Oc1cc(Br)cc(Br)c1. The number of rotatable bonds is 2. The van der Waals surface area contributed by atoms with Gasteiger partial charge in [0.25, 0.3) is 0 Å². The Morgan fingerprint density at radius 1 is 1.00 bits per heavy atom. The summed E-state index contributed by atoms with van der Waals surface area (Å²) < 4.78 is 7.92. The summed E-state index contributed by atoms with van der Waals surface area (Å²) in [5, 5.41) is 0. The fourth-order valence-corrected chi connectivity index (χ4v) is 3.02. The maximum Gasteiger partial charge on any atom is 0.242 e. The predicted molar refractivity (Wildman–Crippen MR) is 65.8 cm³/mol. The van der Waals surface area contributed by atoms with Gasteiger partial charge in [0.15, 0.2) is 0 Å². The van der Waals surface area contributed by atoms with Crippen molar-refractivity contribution in [3.63, 3.8) is 0 Å². The van der Waals surface area contributed by atoms with E-state index >= 15 is 0 Å². The Morgan fingerprint density at radius 2 is 1.46 bits per heavy atom. The monoisotopic (exact) mass is 322 g/mol. The van der Waals surface area contributed by atoms with Gasteiger partial charge in [-0.15, -0.1) is 0 Å². The Labute approximate surface area is 96.9 Å². The molecule has 72 valence electrons. The first-order chi connectivity index (χ1) is 5.87. The fourth-order valence-electron chi connectivity index (χ4n) is 0.941. The van der Waals surface area contributed by atoms with Crippen LogP contribution in [0.1, 0.15) is 0 Å². The molecule has 1 aromatic rings. The van der Waals surface area contributed by atoms with Crippen molar-refractivity contribution in [2.45, 2.75) is 19.6 Å².